The summed E-state index contributed by atoms with van der Waals surface area (Å²) in [6, 6.07) is 15.7. The zero-order chi connectivity index (χ0) is 18.8. The molecule has 2 aromatic rings. The third-order valence-corrected chi connectivity index (χ3v) is 4.06. The Morgan fingerprint density at radius 3 is 2.44 bits per heavy atom. The van der Waals surface area contributed by atoms with E-state index in [0.717, 1.165) is 30.9 Å². The van der Waals surface area contributed by atoms with Gasteiger partial charge in [-0.15, -0.1) is 24.0 Å². The van der Waals surface area contributed by atoms with Gasteiger partial charge in [0.2, 0.25) is 0 Å². The van der Waals surface area contributed by atoms with Gasteiger partial charge in [-0.1, -0.05) is 36.4 Å². The fraction of sp³-hybridized carbons (Fsp3) is 0.381. The van der Waals surface area contributed by atoms with Crippen LogP contribution in [-0.2, 0) is 19.5 Å². The summed E-state index contributed by atoms with van der Waals surface area (Å²) < 4.78 is 13.9. The Morgan fingerprint density at radius 2 is 1.78 bits per heavy atom. The summed E-state index contributed by atoms with van der Waals surface area (Å²) in [6.07, 6.45) is 2.07. The van der Waals surface area contributed by atoms with E-state index in [-0.39, 0.29) is 29.8 Å². The van der Waals surface area contributed by atoms with Crippen LogP contribution in [0.5, 0.6) is 0 Å². The van der Waals surface area contributed by atoms with E-state index >= 15 is 0 Å². The monoisotopic (exact) mass is 484 g/mol. The Labute approximate surface area is 179 Å². The quantitative estimate of drug-likeness (QED) is 0.259. The van der Waals surface area contributed by atoms with Gasteiger partial charge in [-0.3, -0.25) is 4.99 Å². The molecule has 2 rings (SSSR count). The standard InChI is InChI=1S/C21H29FN4.HI/c1-23-21(24-13-7-10-17-8-5-4-6-9-17)25-15-18-11-12-20(22)19(14-18)16-26(2)3;/h4-6,8-9,11-12,14H,7,10,13,15-16H2,1-3H3,(H2,23,24,25);1H. The average Bonchev–Trinajstić information content (AvgIpc) is 2.64. The van der Waals surface area contributed by atoms with Crippen LogP contribution in [0.1, 0.15) is 23.1 Å². The van der Waals surface area contributed by atoms with Crippen molar-refractivity contribution < 1.29 is 4.39 Å². The van der Waals surface area contributed by atoms with Crippen LogP contribution in [0.2, 0.25) is 0 Å². The molecule has 0 fully saturated rings. The van der Waals surface area contributed by atoms with Crippen LogP contribution in [0.4, 0.5) is 4.39 Å². The van der Waals surface area contributed by atoms with Gasteiger partial charge in [0, 0.05) is 32.2 Å². The third-order valence-electron chi connectivity index (χ3n) is 4.06. The molecule has 0 saturated heterocycles. The van der Waals surface area contributed by atoms with Crippen molar-refractivity contribution in [1.29, 1.82) is 0 Å². The van der Waals surface area contributed by atoms with E-state index < -0.39 is 0 Å². The number of hydrogen-bond acceptors (Lipinski definition) is 2. The van der Waals surface area contributed by atoms with Crippen LogP contribution < -0.4 is 10.6 Å². The van der Waals surface area contributed by atoms with E-state index in [2.05, 4.69) is 39.9 Å². The topological polar surface area (TPSA) is 39.7 Å². The summed E-state index contributed by atoms with van der Waals surface area (Å²) in [5, 5.41) is 6.61. The fourth-order valence-corrected chi connectivity index (χ4v) is 2.75. The number of hydrogen-bond donors (Lipinski definition) is 2. The fourth-order valence-electron chi connectivity index (χ4n) is 2.75. The molecule has 0 atom stereocenters. The van der Waals surface area contributed by atoms with Crippen molar-refractivity contribution in [3.63, 3.8) is 0 Å². The van der Waals surface area contributed by atoms with Gasteiger partial charge in [-0.25, -0.2) is 4.39 Å². The van der Waals surface area contributed by atoms with Crippen molar-refractivity contribution in [2.45, 2.75) is 25.9 Å². The Balaban J connectivity index is 0.00000364. The molecular weight excluding hydrogens is 454 g/mol. The first-order valence-electron chi connectivity index (χ1n) is 8.99. The lowest BCUT2D eigenvalue weighted by Crippen LogP contribution is -2.37. The molecule has 2 N–H and O–H groups in total. The molecule has 0 aliphatic heterocycles. The molecule has 0 aromatic heterocycles. The zero-order valence-corrected chi connectivity index (χ0v) is 18.7. The predicted octanol–water partition coefficient (Wildman–Crippen LogP) is 3.80. The highest BCUT2D eigenvalue weighted by molar-refractivity contribution is 14.0. The SMILES string of the molecule is CN=C(NCCCc1ccccc1)NCc1ccc(F)c(CN(C)C)c1.I. The minimum Gasteiger partial charge on any atom is -0.356 e. The normalized spacial score (nSPS) is 11.2. The second-order valence-electron chi connectivity index (χ2n) is 6.61. The highest BCUT2D eigenvalue weighted by Crippen LogP contribution is 2.12. The number of halogens is 2. The Bertz CT molecular complexity index is 705. The lowest BCUT2D eigenvalue weighted by atomic mass is 10.1. The maximum absolute atomic E-state index is 13.9. The summed E-state index contributed by atoms with van der Waals surface area (Å²) in [6.45, 7) is 2.05. The van der Waals surface area contributed by atoms with Crippen molar-refractivity contribution in [2.75, 3.05) is 27.7 Å². The summed E-state index contributed by atoms with van der Waals surface area (Å²) in [4.78, 5) is 6.21. The minimum absolute atomic E-state index is 0. The first kappa shape index (κ1) is 23.4. The lowest BCUT2D eigenvalue weighted by Gasteiger charge is -2.14. The number of nitrogens with one attached hydrogen (secondary N) is 2. The molecule has 0 heterocycles. The van der Waals surface area contributed by atoms with E-state index in [1.54, 1.807) is 7.05 Å². The molecule has 2 aromatic carbocycles. The molecule has 0 unspecified atom stereocenters. The van der Waals surface area contributed by atoms with Gasteiger partial charge in [-0.2, -0.15) is 0 Å². The molecule has 0 aliphatic rings. The van der Waals surface area contributed by atoms with E-state index in [4.69, 9.17) is 0 Å². The van der Waals surface area contributed by atoms with Crippen LogP contribution in [0.25, 0.3) is 0 Å². The molecule has 27 heavy (non-hydrogen) atoms. The maximum Gasteiger partial charge on any atom is 0.191 e. The molecule has 0 saturated carbocycles. The number of rotatable bonds is 8. The molecule has 0 spiro atoms. The second-order valence-corrected chi connectivity index (χ2v) is 6.61. The maximum atomic E-state index is 13.9. The number of aliphatic imine (C=N–C) groups is 1. The molecule has 0 radical (unpaired) electrons. The van der Waals surface area contributed by atoms with E-state index in [0.29, 0.717) is 18.7 Å². The second kappa shape index (κ2) is 12.7. The lowest BCUT2D eigenvalue weighted by molar-refractivity contribution is 0.392. The Morgan fingerprint density at radius 1 is 1.04 bits per heavy atom. The van der Waals surface area contributed by atoms with Crippen LogP contribution >= 0.6 is 24.0 Å². The highest BCUT2D eigenvalue weighted by Gasteiger charge is 2.06. The van der Waals surface area contributed by atoms with Crippen LogP contribution in [0.3, 0.4) is 0 Å². The average molecular weight is 484 g/mol. The Kier molecular flexibility index (Phi) is 11.0. The first-order chi connectivity index (χ1) is 12.6. The smallest absolute Gasteiger partial charge is 0.191 e. The number of nitrogens with zero attached hydrogens (tertiary/aromatic N) is 2. The molecule has 0 bridgehead atoms. The predicted molar refractivity (Wildman–Crippen MR) is 122 cm³/mol. The van der Waals surface area contributed by atoms with Crippen molar-refractivity contribution in [1.82, 2.24) is 15.5 Å². The number of benzene rings is 2. The van der Waals surface area contributed by atoms with Crippen LogP contribution in [0, 0.1) is 5.82 Å². The first-order valence-corrected chi connectivity index (χ1v) is 8.99. The summed E-state index contributed by atoms with van der Waals surface area (Å²) in [5.41, 5.74) is 3.09. The van der Waals surface area contributed by atoms with Gasteiger partial charge in [-0.05, 0) is 50.2 Å². The molecule has 0 aliphatic carbocycles. The van der Waals surface area contributed by atoms with E-state index in [1.807, 2.05) is 37.2 Å². The largest absolute Gasteiger partial charge is 0.356 e. The molecular formula is C21H30FIN4. The minimum atomic E-state index is -0.161. The molecule has 0 amide bonds. The van der Waals surface area contributed by atoms with Gasteiger partial charge in [0.05, 0.1) is 0 Å². The van der Waals surface area contributed by atoms with Crippen molar-refractivity contribution >= 4 is 29.9 Å². The van der Waals surface area contributed by atoms with Gasteiger partial charge >= 0.3 is 0 Å². The summed E-state index contributed by atoms with van der Waals surface area (Å²) in [7, 11) is 5.63. The number of aryl methyl sites for hydroxylation is 1. The van der Waals surface area contributed by atoms with Gasteiger partial charge < -0.3 is 15.5 Å². The summed E-state index contributed by atoms with van der Waals surface area (Å²) >= 11 is 0. The highest BCUT2D eigenvalue weighted by atomic mass is 127. The zero-order valence-electron chi connectivity index (χ0n) is 16.3. The van der Waals surface area contributed by atoms with E-state index in [9.17, 15) is 4.39 Å². The molecule has 148 valence electrons. The van der Waals surface area contributed by atoms with Crippen molar-refractivity contribution in [2.24, 2.45) is 4.99 Å². The third kappa shape index (κ3) is 8.71. The van der Waals surface area contributed by atoms with Crippen LogP contribution in [-0.4, -0.2) is 38.5 Å². The molecule has 4 nitrogen and oxygen atoms in total. The van der Waals surface area contributed by atoms with Crippen LogP contribution in [0.15, 0.2) is 53.5 Å². The van der Waals surface area contributed by atoms with Gasteiger partial charge in [0.25, 0.3) is 0 Å². The van der Waals surface area contributed by atoms with Crippen molar-refractivity contribution in [3.8, 4) is 0 Å². The Hall–Kier alpha value is -1.67. The molecule has 6 heteroatoms. The summed E-state index contributed by atoms with van der Waals surface area (Å²) in [5.74, 6) is 0.599. The van der Waals surface area contributed by atoms with Gasteiger partial charge in [0.15, 0.2) is 5.96 Å². The van der Waals surface area contributed by atoms with Crippen molar-refractivity contribution in [3.05, 3.63) is 71.0 Å². The van der Waals surface area contributed by atoms with E-state index in [1.165, 1.54) is 11.6 Å². The van der Waals surface area contributed by atoms with Gasteiger partial charge in [0.1, 0.15) is 5.82 Å². The number of guanidine groups is 1.